The molecule has 0 bridgehead atoms. The molecule has 33 heavy (non-hydrogen) atoms. The second-order valence-corrected chi connectivity index (χ2v) is 8.37. The van der Waals surface area contributed by atoms with Crippen molar-refractivity contribution in [3.8, 4) is 5.75 Å². The average molecular weight is 452 g/mol. The lowest BCUT2D eigenvalue weighted by molar-refractivity contribution is -0.149. The quantitative estimate of drug-likeness (QED) is 0.650. The molecule has 174 valence electrons. The molecule has 2 aliphatic rings. The molecule has 2 aromatic rings. The molecule has 1 N–H and O–H groups in total. The van der Waals surface area contributed by atoms with E-state index in [1.165, 1.54) is 6.92 Å². The SMILES string of the molecule is CC(=O)OC(COc1ccc2c(c1)NC(=O)CC2)CN1CCN(C(=O)c2ccccc2)CC1. The van der Waals surface area contributed by atoms with Crippen molar-refractivity contribution in [2.75, 3.05) is 44.6 Å². The predicted molar refractivity (Wildman–Crippen MR) is 123 cm³/mol. The van der Waals surface area contributed by atoms with Crippen LogP contribution in [0.3, 0.4) is 0 Å². The van der Waals surface area contributed by atoms with E-state index in [-0.39, 0.29) is 24.4 Å². The number of rotatable bonds is 7. The van der Waals surface area contributed by atoms with E-state index in [2.05, 4.69) is 10.2 Å². The summed E-state index contributed by atoms with van der Waals surface area (Å²) in [5.41, 5.74) is 2.55. The molecule has 1 unspecified atom stereocenters. The second kappa shape index (κ2) is 10.5. The lowest BCUT2D eigenvalue weighted by Gasteiger charge is -2.36. The van der Waals surface area contributed by atoms with Crippen LogP contribution in [0.5, 0.6) is 5.75 Å². The third kappa shape index (κ3) is 6.10. The Labute approximate surface area is 193 Å². The van der Waals surface area contributed by atoms with Crippen LogP contribution in [0.15, 0.2) is 48.5 Å². The molecule has 0 aromatic heterocycles. The molecule has 8 heteroatoms. The molecule has 2 aromatic carbocycles. The van der Waals surface area contributed by atoms with Crippen molar-refractivity contribution in [3.05, 3.63) is 59.7 Å². The normalized spacial score (nSPS) is 17.0. The van der Waals surface area contributed by atoms with Crippen molar-refractivity contribution in [3.63, 3.8) is 0 Å². The zero-order chi connectivity index (χ0) is 23.2. The molecule has 1 atom stereocenters. The van der Waals surface area contributed by atoms with Gasteiger partial charge in [0.05, 0.1) is 0 Å². The summed E-state index contributed by atoms with van der Waals surface area (Å²) < 4.78 is 11.4. The van der Waals surface area contributed by atoms with Crippen molar-refractivity contribution >= 4 is 23.5 Å². The summed E-state index contributed by atoms with van der Waals surface area (Å²) in [4.78, 5) is 40.0. The Morgan fingerprint density at radius 3 is 2.52 bits per heavy atom. The lowest BCUT2D eigenvalue weighted by Crippen LogP contribution is -2.51. The van der Waals surface area contributed by atoms with Gasteiger partial charge >= 0.3 is 5.97 Å². The second-order valence-electron chi connectivity index (χ2n) is 8.37. The number of hydrogen-bond acceptors (Lipinski definition) is 6. The van der Waals surface area contributed by atoms with Crippen LogP contribution in [0.25, 0.3) is 0 Å². The maximum absolute atomic E-state index is 12.6. The zero-order valence-corrected chi connectivity index (χ0v) is 18.8. The summed E-state index contributed by atoms with van der Waals surface area (Å²) in [5, 5.41) is 2.87. The third-order valence-corrected chi connectivity index (χ3v) is 5.89. The van der Waals surface area contributed by atoms with E-state index in [0.717, 1.165) is 17.7 Å². The van der Waals surface area contributed by atoms with Gasteiger partial charge in [-0.05, 0) is 30.2 Å². The van der Waals surface area contributed by atoms with E-state index < -0.39 is 6.10 Å². The first-order valence-corrected chi connectivity index (χ1v) is 11.3. The van der Waals surface area contributed by atoms with Crippen molar-refractivity contribution < 1.29 is 23.9 Å². The number of carbonyl (C=O) groups is 3. The van der Waals surface area contributed by atoms with Crippen LogP contribution in [-0.4, -0.2) is 73.0 Å². The third-order valence-electron chi connectivity index (χ3n) is 5.89. The molecule has 0 radical (unpaired) electrons. The summed E-state index contributed by atoms with van der Waals surface area (Å²) in [6.07, 6.45) is 0.770. The fourth-order valence-corrected chi connectivity index (χ4v) is 4.17. The molecule has 0 spiro atoms. The van der Waals surface area contributed by atoms with E-state index in [4.69, 9.17) is 9.47 Å². The van der Waals surface area contributed by atoms with Crippen LogP contribution < -0.4 is 10.1 Å². The Morgan fingerprint density at radius 2 is 1.79 bits per heavy atom. The zero-order valence-electron chi connectivity index (χ0n) is 18.8. The molecule has 2 amide bonds. The van der Waals surface area contributed by atoms with Gasteiger partial charge in [-0.15, -0.1) is 0 Å². The largest absolute Gasteiger partial charge is 0.490 e. The van der Waals surface area contributed by atoms with E-state index >= 15 is 0 Å². The number of piperazine rings is 1. The topological polar surface area (TPSA) is 88.2 Å². The van der Waals surface area contributed by atoms with E-state index in [0.29, 0.717) is 50.5 Å². The van der Waals surface area contributed by atoms with E-state index in [1.807, 2.05) is 53.4 Å². The Bertz CT molecular complexity index is 1000. The molecular formula is C25H29N3O5. The highest BCUT2D eigenvalue weighted by Gasteiger charge is 2.25. The summed E-state index contributed by atoms with van der Waals surface area (Å²) in [5.74, 6) is 0.294. The van der Waals surface area contributed by atoms with Crippen molar-refractivity contribution in [1.29, 1.82) is 0 Å². The van der Waals surface area contributed by atoms with Gasteiger partial charge in [-0.25, -0.2) is 0 Å². The van der Waals surface area contributed by atoms with Crippen LogP contribution in [0.1, 0.15) is 29.3 Å². The minimum Gasteiger partial charge on any atom is -0.490 e. The van der Waals surface area contributed by atoms with Crippen molar-refractivity contribution in [2.45, 2.75) is 25.9 Å². The standard InChI is InChI=1S/C25H29N3O5/c1-18(29)33-22(17-32-21-9-7-19-8-10-24(30)26-23(19)15-21)16-27-11-13-28(14-12-27)25(31)20-5-3-2-4-6-20/h2-7,9,15,22H,8,10-14,16-17H2,1H3,(H,26,30). The molecule has 0 aliphatic carbocycles. The number of nitrogens with zero attached hydrogens (tertiary/aromatic N) is 2. The Hall–Kier alpha value is -3.39. The van der Waals surface area contributed by atoms with Crippen molar-refractivity contribution in [2.24, 2.45) is 0 Å². The predicted octanol–water partition coefficient (Wildman–Crippen LogP) is 2.34. The maximum Gasteiger partial charge on any atom is 0.303 e. The number of esters is 1. The number of benzene rings is 2. The molecule has 8 nitrogen and oxygen atoms in total. The number of amides is 2. The molecule has 4 rings (SSSR count). The van der Waals surface area contributed by atoms with Gasteiger partial charge in [0.25, 0.3) is 5.91 Å². The Kier molecular flexibility index (Phi) is 7.24. The van der Waals surface area contributed by atoms with Gasteiger partial charge in [-0.1, -0.05) is 24.3 Å². The van der Waals surface area contributed by atoms with Crippen molar-refractivity contribution in [1.82, 2.24) is 9.80 Å². The van der Waals surface area contributed by atoms with E-state index in [1.54, 1.807) is 0 Å². The fraction of sp³-hybridized carbons (Fsp3) is 0.400. The van der Waals surface area contributed by atoms with Crippen LogP contribution in [0, 0.1) is 0 Å². The average Bonchev–Trinajstić information content (AvgIpc) is 2.82. The highest BCUT2D eigenvalue weighted by molar-refractivity contribution is 5.94. The van der Waals surface area contributed by atoms with Gasteiger partial charge in [-0.3, -0.25) is 19.3 Å². The highest BCUT2D eigenvalue weighted by Crippen LogP contribution is 2.27. The number of carbonyl (C=O) groups excluding carboxylic acids is 3. The Morgan fingerprint density at radius 1 is 1.03 bits per heavy atom. The van der Waals surface area contributed by atoms with Gasteiger partial charge in [-0.2, -0.15) is 0 Å². The molecule has 2 aliphatic heterocycles. The highest BCUT2D eigenvalue weighted by atomic mass is 16.6. The van der Waals surface area contributed by atoms with Crippen LogP contribution >= 0.6 is 0 Å². The lowest BCUT2D eigenvalue weighted by atomic mass is 10.0. The maximum atomic E-state index is 12.6. The summed E-state index contributed by atoms with van der Waals surface area (Å²) in [6.45, 7) is 4.74. The van der Waals surface area contributed by atoms with Crippen LogP contribution in [0.4, 0.5) is 5.69 Å². The number of hydrogen-bond donors (Lipinski definition) is 1. The van der Waals surface area contributed by atoms with Gasteiger partial charge in [0.15, 0.2) is 0 Å². The number of aryl methyl sites for hydroxylation is 1. The summed E-state index contributed by atoms with van der Waals surface area (Å²) in [7, 11) is 0. The summed E-state index contributed by atoms with van der Waals surface area (Å²) >= 11 is 0. The minimum absolute atomic E-state index is 0.00216. The smallest absolute Gasteiger partial charge is 0.303 e. The molecule has 1 saturated heterocycles. The number of ether oxygens (including phenoxy) is 2. The fourth-order valence-electron chi connectivity index (χ4n) is 4.17. The molecular weight excluding hydrogens is 422 g/mol. The number of anilines is 1. The van der Waals surface area contributed by atoms with Gasteiger partial charge in [0.2, 0.25) is 5.91 Å². The van der Waals surface area contributed by atoms with Crippen LogP contribution in [-0.2, 0) is 20.7 Å². The van der Waals surface area contributed by atoms with Gasteiger partial charge in [0.1, 0.15) is 18.5 Å². The first-order valence-electron chi connectivity index (χ1n) is 11.3. The first kappa shape index (κ1) is 22.8. The van der Waals surface area contributed by atoms with Gasteiger partial charge < -0.3 is 19.7 Å². The molecule has 1 fully saturated rings. The number of nitrogens with one attached hydrogen (secondary N) is 1. The van der Waals surface area contributed by atoms with E-state index in [9.17, 15) is 14.4 Å². The van der Waals surface area contributed by atoms with Gasteiger partial charge in [0, 0.05) is 63.4 Å². The monoisotopic (exact) mass is 451 g/mol. The summed E-state index contributed by atoms with van der Waals surface area (Å²) in [6, 6.07) is 14.9. The van der Waals surface area contributed by atoms with Crippen LogP contribution in [0.2, 0.25) is 0 Å². The molecule has 2 heterocycles. The minimum atomic E-state index is -0.440. The first-order chi connectivity index (χ1) is 16.0. The molecule has 0 saturated carbocycles. The number of fused-ring (bicyclic) bond motifs is 1. The Balaban J connectivity index is 1.30.